The summed E-state index contributed by atoms with van der Waals surface area (Å²) < 4.78 is 46.5. The number of hydrogen-bond acceptors (Lipinski definition) is 7. The quantitative estimate of drug-likeness (QED) is 0.625. The van der Waals surface area contributed by atoms with Crippen molar-refractivity contribution in [2.45, 2.75) is 50.8 Å². The number of nitrogens with one attached hydrogen (secondary N) is 1. The maximum atomic E-state index is 13.5. The molecule has 0 amide bonds. The zero-order valence-corrected chi connectivity index (χ0v) is 18.7. The lowest BCUT2D eigenvalue weighted by Gasteiger charge is -2.70. The lowest BCUT2D eigenvalue weighted by atomic mass is 9.34. The number of aromatic nitrogens is 5. The van der Waals surface area contributed by atoms with Gasteiger partial charge >= 0.3 is 6.18 Å². The van der Waals surface area contributed by atoms with Gasteiger partial charge in [0.2, 0.25) is 11.5 Å². The molecule has 1 atom stereocenters. The van der Waals surface area contributed by atoms with Crippen molar-refractivity contribution in [3.63, 3.8) is 0 Å². The third-order valence-electron chi connectivity index (χ3n) is 7.58. The molecule has 4 heterocycles. The monoisotopic (exact) mass is 472 g/mol. The predicted octanol–water partition coefficient (Wildman–Crippen LogP) is 3.29. The molecule has 2 bridgehead atoms. The molecule has 11 heteroatoms. The van der Waals surface area contributed by atoms with Crippen molar-refractivity contribution in [2.24, 2.45) is 5.41 Å². The van der Waals surface area contributed by atoms with Crippen molar-refractivity contribution in [2.75, 3.05) is 24.6 Å². The van der Waals surface area contributed by atoms with E-state index in [0.717, 1.165) is 11.3 Å². The number of rotatable bonds is 3. The van der Waals surface area contributed by atoms with Crippen LogP contribution in [0.1, 0.15) is 48.0 Å². The van der Waals surface area contributed by atoms with Gasteiger partial charge < -0.3 is 14.6 Å². The smallest absolute Gasteiger partial charge is 0.370 e. The van der Waals surface area contributed by atoms with Gasteiger partial charge in [-0.3, -0.25) is 4.79 Å². The molecule has 7 rings (SSSR count). The van der Waals surface area contributed by atoms with Crippen molar-refractivity contribution in [1.82, 2.24) is 24.9 Å². The Bertz CT molecular complexity index is 1350. The summed E-state index contributed by atoms with van der Waals surface area (Å²) >= 11 is 0. The van der Waals surface area contributed by atoms with Crippen LogP contribution in [0.15, 0.2) is 23.1 Å². The van der Waals surface area contributed by atoms with E-state index in [1.807, 2.05) is 18.7 Å². The van der Waals surface area contributed by atoms with Gasteiger partial charge in [0.05, 0.1) is 35.6 Å². The largest absolute Gasteiger partial charge is 0.394 e. The summed E-state index contributed by atoms with van der Waals surface area (Å²) in [5.41, 5.74) is 1.17. The van der Waals surface area contributed by atoms with Crippen LogP contribution in [0.4, 0.5) is 19.1 Å². The fourth-order valence-corrected chi connectivity index (χ4v) is 5.65. The summed E-state index contributed by atoms with van der Waals surface area (Å²) in [6.07, 6.45) is -2.89. The molecule has 0 aromatic carbocycles. The molecule has 1 saturated heterocycles. The highest BCUT2D eigenvalue weighted by Gasteiger charge is 2.79. The Morgan fingerprint density at radius 3 is 2.56 bits per heavy atom. The summed E-state index contributed by atoms with van der Waals surface area (Å²) in [4.78, 5) is 35.0. The molecule has 178 valence electrons. The van der Waals surface area contributed by atoms with Crippen LogP contribution in [0.3, 0.4) is 0 Å². The highest BCUT2D eigenvalue weighted by Crippen LogP contribution is 2.78. The maximum absolute atomic E-state index is 13.5. The molecule has 1 N–H and O–H groups in total. The number of H-pyrrole nitrogens is 1. The predicted molar refractivity (Wildman–Crippen MR) is 117 cm³/mol. The number of pyridine rings is 1. The van der Waals surface area contributed by atoms with Crippen molar-refractivity contribution in [3.8, 4) is 0 Å². The molecular formula is C23H23F3N6O2. The molecule has 0 radical (unpaired) electrons. The van der Waals surface area contributed by atoms with Gasteiger partial charge in [-0.15, -0.1) is 0 Å². The molecule has 3 aliphatic carbocycles. The van der Waals surface area contributed by atoms with E-state index >= 15 is 0 Å². The number of fused-ring (bicyclic) bond motifs is 1. The normalized spacial score (nSPS) is 28.5. The Balaban J connectivity index is 1.39. The first-order chi connectivity index (χ1) is 16.1. The van der Waals surface area contributed by atoms with E-state index in [9.17, 15) is 18.0 Å². The average Bonchev–Trinajstić information content (AvgIpc) is 2.72. The lowest BCUT2D eigenvalue weighted by molar-refractivity contribution is -0.337. The molecule has 0 spiro atoms. The van der Waals surface area contributed by atoms with Crippen molar-refractivity contribution in [3.05, 3.63) is 51.3 Å². The first kappa shape index (κ1) is 21.5. The molecule has 1 unspecified atom stereocenters. The Hall–Kier alpha value is -3.08. The van der Waals surface area contributed by atoms with E-state index in [2.05, 4.69) is 19.9 Å². The third-order valence-corrected chi connectivity index (χ3v) is 7.58. The van der Waals surface area contributed by atoms with Crippen LogP contribution in [0.25, 0.3) is 11.2 Å². The standard InChI is InChI=1S/C23H23F3N6O2/c1-12-13(2)29-19-17(28-12)18(21-9-22(10-21,11-21)23(24,25)26)30-20(31-19)32-5-6-34-15(8-32)14-3-4-27-16(33)7-14/h3-4,7,15H,5-6,8-11H2,1-2H3,(H,27,33). The number of aromatic amines is 1. The average molecular weight is 472 g/mol. The van der Waals surface area contributed by atoms with Crippen LogP contribution in [-0.2, 0) is 10.2 Å². The molecule has 3 aromatic rings. The minimum Gasteiger partial charge on any atom is -0.370 e. The SMILES string of the molecule is Cc1nc2nc(N3CCOC(c4cc[nH]c(=O)c4)C3)nc(C34CC(C(F)(F)F)(C3)C4)c2nc1C. The second-order valence-corrected chi connectivity index (χ2v) is 9.82. The number of morpholine rings is 1. The van der Waals surface area contributed by atoms with Crippen LogP contribution in [0, 0.1) is 19.3 Å². The Morgan fingerprint density at radius 1 is 1.12 bits per heavy atom. The van der Waals surface area contributed by atoms with Crippen LogP contribution in [-0.4, -0.2) is 50.8 Å². The Labute approximate surface area is 192 Å². The minimum absolute atomic E-state index is 0.0299. The first-order valence-electron chi connectivity index (χ1n) is 11.2. The zero-order chi connectivity index (χ0) is 23.9. The summed E-state index contributed by atoms with van der Waals surface area (Å²) in [7, 11) is 0. The number of hydrogen-bond donors (Lipinski definition) is 1. The molecule has 34 heavy (non-hydrogen) atoms. The van der Waals surface area contributed by atoms with Gasteiger partial charge in [-0.1, -0.05) is 0 Å². The number of halogens is 3. The topological polar surface area (TPSA) is 96.9 Å². The fourth-order valence-electron chi connectivity index (χ4n) is 5.65. The molecule has 8 nitrogen and oxygen atoms in total. The Kier molecular flexibility index (Phi) is 4.40. The van der Waals surface area contributed by atoms with E-state index in [4.69, 9.17) is 9.72 Å². The van der Waals surface area contributed by atoms with Gasteiger partial charge in [0.15, 0.2) is 5.65 Å². The van der Waals surface area contributed by atoms with Gasteiger partial charge in [-0.05, 0) is 44.7 Å². The zero-order valence-electron chi connectivity index (χ0n) is 18.7. The minimum atomic E-state index is -4.20. The van der Waals surface area contributed by atoms with Gasteiger partial charge in [-0.25, -0.2) is 15.0 Å². The number of anilines is 1. The number of alkyl halides is 3. The summed E-state index contributed by atoms with van der Waals surface area (Å²) in [6, 6.07) is 3.29. The van der Waals surface area contributed by atoms with Crippen LogP contribution in [0.5, 0.6) is 0 Å². The van der Waals surface area contributed by atoms with E-state index < -0.39 is 17.0 Å². The second kappa shape index (κ2) is 6.97. The van der Waals surface area contributed by atoms with Crippen molar-refractivity contribution >= 4 is 17.1 Å². The van der Waals surface area contributed by atoms with Gasteiger partial charge in [-0.2, -0.15) is 18.2 Å². The van der Waals surface area contributed by atoms with Crippen LogP contribution in [0.2, 0.25) is 0 Å². The van der Waals surface area contributed by atoms with Crippen molar-refractivity contribution in [1.29, 1.82) is 0 Å². The van der Waals surface area contributed by atoms with Crippen molar-refractivity contribution < 1.29 is 17.9 Å². The van der Waals surface area contributed by atoms with E-state index in [0.29, 0.717) is 48.2 Å². The second-order valence-electron chi connectivity index (χ2n) is 9.82. The number of aryl methyl sites for hydroxylation is 2. The van der Waals surface area contributed by atoms with E-state index in [-0.39, 0.29) is 30.9 Å². The van der Waals surface area contributed by atoms with Gasteiger partial charge in [0.25, 0.3) is 0 Å². The van der Waals surface area contributed by atoms with Gasteiger partial charge in [0, 0.05) is 24.2 Å². The molecule has 3 saturated carbocycles. The van der Waals surface area contributed by atoms with Gasteiger partial charge in [0.1, 0.15) is 11.6 Å². The first-order valence-corrected chi connectivity index (χ1v) is 11.2. The van der Waals surface area contributed by atoms with Crippen LogP contribution >= 0.6 is 0 Å². The summed E-state index contributed by atoms with van der Waals surface area (Å²) in [6.45, 7) is 4.98. The van der Waals surface area contributed by atoms with Crippen LogP contribution < -0.4 is 10.5 Å². The van der Waals surface area contributed by atoms with E-state index in [1.54, 1.807) is 12.3 Å². The third kappa shape index (κ3) is 3.05. The maximum Gasteiger partial charge on any atom is 0.394 e. The molecule has 4 aliphatic rings. The number of ether oxygens (including phenoxy) is 1. The molecule has 3 aromatic heterocycles. The summed E-state index contributed by atoms with van der Waals surface area (Å²) in [5, 5.41) is 0. The summed E-state index contributed by atoms with van der Waals surface area (Å²) in [5.74, 6) is 0.406. The molecule has 1 aliphatic heterocycles. The highest BCUT2D eigenvalue weighted by atomic mass is 19.4. The number of nitrogens with zero attached hydrogens (tertiary/aromatic N) is 5. The fraction of sp³-hybridized carbons (Fsp3) is 0.522. The highest BCUT2D eigenvalue weighted by molar-refractivity contribution is 5.77. The molecular weight excluding hydrogens is 449 g/mol. The Morgan fingerprint density at radius 2 is 1.85 bits per heavy atom. The molecule has 4 fully saturated rings. The van der Waals surface area contributed by atoms with E-state index in [1.165, 1.54) is 6.07 Å². The lowest BCUT2D eigenvalue weighted by Crippen LogP contribution is -2.70.